The van der Waals surface area contributed by atoms with Crippen molar-refractivity contribution in [2.24, 2.45) is 0 Å². The van der Waals surface area contributed by atoms with Crippen molar-refractivity contribution in [3.05, 3.63) is 60.3 Å². The van der Waals surface area contributed by atoms with E-state index in [1.165, 1.54) is 0 Å². The van der Waals surface area contributed by atoms with Crippen LogP contribution in [-0.4, -0.2) is 11.3 Å². The van der Waals surface area contributed by atoms with Crippen LogP contribution in [0.1, 0.15) is 10.5 Å². The first-order valence-electron chi connectivity index (χ1n) is 5.67. The molecule has 3 heteroatoms. The van der Waals surface area contributed by atoms with Gasteiger partial charge in [0.25, 0.3) is 0 Å². The predicted octanol–water partition coefficient (Wildman–Crippen LogP) is 4.13. The summed E-state index contributed by atoms with van der Waals surface area (Å²) in [7, 11) is 0. The van der Waals surface area contributed by atoms with Gasteiger partial charge in [-0.25, -0.2) is 0 Å². The summed E-state index contributed by atoms with van der Waals surface area (Å²) in [6.07, 6.45) is 0.872. The van der Waals surface area contributed by atoms with Gasteiger partial charge in [-0.05, 0) is 12.1 Å². The molecule has 0 amide bonds. The zero-order valence-electron chi connectivity index (χ0n) is 9.59. The van der Waals surface area contributed by atoms with E-state index in [1.807, 2.05) is 42.5 Å². The number of hydrogen-bond donors (Lipinski definition) is 1. The number of aromatic amines is 1. The van der Waals surface area contributed by atoms with Crippen molar-refractivity contribution in [1.29, 1.82) is 0 Å². The third-order valence-electron chi connectivity index (χ3n) is 2.79. The van der Waals surface area contributed by atoms with Gasteiger partial charge in [0.05, 0.1) is 10.7 Å². The summed E-state index contributed by atoms with van der Waals surface area (Å²) >= 11 is 1.64. The molecule has 0 radical (unpaired) electrons. The van der Waals surface area contributed by atoms with E-state index < -0.39 is 0 Å². The van der Waals surface area contributed by atoms with E-state index >= 15 is 0 Å². The third kappa shape index (κ3) is 1.93. The Bertz CT molecular complexity index is 688. The number of fused-ring (bicyclic) bond motifs is 1. The molecule has 0 fully saturated rings. The highest BCUT2D eigenvalue weighted by Gasteiger charge is 2.09. The van der Waals surface area contributed by atoms with Gasteiger partial charge in [0.15, 0.2) is 6.29 Å². The van der Waals surface area contributed by atoms with Crippen molar-refractivity contribution < 1.29 is 4.79 Å². The first kappa shape index (κ1) is 11.1. The Kier molecular flexibility index (Phi) is 2.90. The Morgan fingerprint density at radius 1 is 0.889 bits per heavy atom. The standard InChI is InChI=1S/C15H11NOS/c17-10-14-12-8-4-5-9-13(12)15(16-14)18-11-6-2-1-3-7-11/h1-10,16H. The van der Waals surface area contributed by atoms with E-state index in [2.05, 4.69) is 17.1 Å². The number of benzene rings is 2. The van der Waals surface area contributed by atoms with Crippen molar-refractivity contribution in [3.63, 3.8) is 0 Å². The lowest BCUT2D eigenvalue weighted by Crippen LogP contribution is -1.78. The van der Waals surface area contributed by atoms with E-state index in [0.717, 1.165) is 27.0 Å². The molecule has 0 aliphatic heterocycles. The van der Waals surface area contributed by atoms with Crippen LogP contribution < -0.4 is 0 Å². The highest BCUT2D eigenvalue weighted by molar-refractivity contribution is 7.99. The molecule has 2 nitrogen and oxygen atoms in total. The number of aromatic nitrogens is 1. The van der Waals surface area contributed by atoms with Gasteiger partial charge in [0.2, 0.25) is 0 Å². The third-order valence-corrected chi connectivity index (χ3v) is 3.82. The lowest BCUT2D eigenvalue weighted by atomic mass is 10.2. The van der Waals surface area contributed by atoms with Crippen molar-refractivity contribution in [1.82, 2.24) is 4.98 Å². The zero-order valence-corrected chi connectivity index (χ0v) is 10.4. The molecule has 0 aliphatic rings. The van der Waals surface area contributed by atoms with Crippen LogP contribution in [0.4, 0.5) is 0 Å². The number of carbonyl (C=O) groups is 1. The molecule has 0 spiro atoms. The second-order valence-corrected chi connectivity index (χ2v) is 5.03. The van der Waals surface area contributed by atoms with Crippen LogP contribution in [0.25, 0.3) is 10.8 Å². The minimum Gasteiger partial charge on any atom is -0.346 e. The summed E-state index contributed by atoms with van der Waals surface area (Å²) in [5.74, 6) is 0. The fourth-order valence-electron chi connectivity index (χ4n) is 1.95. The minimum absolute atomic E-state index is 0.643. The molecule has 0 atom stereocenters. The first-order valence-corrected chi connectivity index (χ1v) is 6.49. The van der Waals surface area contributed by atoms with Crippen LogP contribution in [0.2, 0.25) is 0 Å². The van der Waals surface area contributed by atoms with Gasteiger partial charge in [-0.3, -0.25) is 4.79 Å². The number of nitrogens with one attached hydrogen (secondary N) is 1. The van der Waals surface area contributed by atoms with Gasteiger partial charge in [0, 0.05) is 15.7 Å². The Labute approximate surface area is 109 Å². The van der Waals surface area contributed by atoms with Crippen LogP contribution in [0, 0.1) is 0 Å². The fraction of sp³-hybridized carbons (Fsp3) is 0. The van der Waals surface area contributed by atoms with Gasteiger partial charge in [0.1, 0.15) is 0 Å². The van der Waals surface area contributed by atoms with Crippen molar-refractivity contribution in [2.75, 3.05) is 0 Å². The molecule has 88 valence electrons. The molecule has 0 unspecified atom stereocenters. The van der Waals surface area contributed by atoms with Crippen LogP contribution in [0.3, 0.4) is 0 Å². The molecule has 18 heavy (non-hydrogen) atoms. The van der Waals surface area contributed by atoms with Crippen LogP contribution in [-0.2, 0) is 0 Å². The highest BCUT2D eigenvalue weighted by Crippen LogP contribution is 2.33. The summed E-state index contributed by atoms with van der Waals surface area (Å²) in [4.78, 5) is 15.4. The predicted molar refractivity (Wildman–Crippen MR) is 74.3 cm³/mol. The minimum atomic E-state index is 0.643. The summed E-state index contributed by atoms with van der Waals surface area (Å²) in [5.41, 5.74) is 0.643. The van der Waals surface area contributed by atoms with Gasteiger partial charge in [-0.15, -0.1) is 0 Å². The number of rotatable bonds is 3. The number of carbonyl (C=O) groups excluding carboxylic acids is 1. The average Bonchev–Trinajstić information content (AvgIpc) is 2.78. The molecule has 0 saturated carbocycles. The Balaban J connectivity index is 2.10. The maximum absolute atomic E-state index is 11.0. The van der Waals surface area contributed by atoms with Crippen LogP contribution >= 0.6 is 11.8 Å². The van der Waals surface area contributed by atoms with Crippen LogP contribution in [0.5, 0.6) is 0 Å². The quantitative estimate of drug-likeness (QED) is 0.712. The zero-order chi connectivity index (χ0) is 12.4. The smallest absolute Gasteiger partial charge is 0.166 e. The second kappa shape index (κ2) is 4.70. The topological polar surface area (TPSA) is 32.9 Å². The summed E-state index contributed by atoms with van der Waals surface area (Å²) in [6, 6.07) is 18.0. The second-order valence-electron chi connectivity index (χ2n) is 3.95. The Morgan fingerprint density at radius 2 is 1.56 bits per heavy atom. The molecule has 3 rings (SSSR count). The number of H-pyrrole nitrogens is 1. The molecular formula is C15H11NOS. The van der Waals surface area contributed by atoms with Crippen molar-refractivity contribution >= 4 is 28.8 Å². The maximum Gasteiger partial charge on any atom is 0.166 e. The molecular weight excluding hydrogens is 242 g/mol. The Morgan fingerprint density at radius 3 is 2.28 bits per heavy atom. The molecule has 0 bridgehead atoms. The molecule has 3 aromatic rings. The van der Waals surface area contributed by atoms with Crippen molar-refractivity contribution in [2.45, 2.75) is 9.92 Å². The normalized spacial score (nSPS) is 10.7. The highest BCUT2D eigenvalue weighted by atomic mass is 32.2. The van der Waals surface area contributed by atoms with E-state index in [9.17, 15) is 4.79 Å². The molecule has 1 heterocycles. The van der Waals surface area contributed by atoms with E-state index in [1.54, 1.807) is 11.8 Å². The average molecular weight is 253 g/mol. The lowest BCUT2D eigenvalue weighted by molar-refractivity contribution is 0.112. The first-order chi connectivity index (χ1) is 8.88. The number of hydrogen-bond acceptors (Lipinski definition) is 2. The summed E-state index contributed by atoms with van der Waals surface area (Å²) < 4.78 is 0. The van der Waals surface area contributed by atoms with Gasteiger partial charge >= 0.3 is 0 Å². The summed E-state index contributed by atoms with van der Waals surface area (Å²) in [5, 5.41) is 3.08. The fourth-order valence-corrected chi connectivity index (χ4v) is 2.93. The maximum atomic E-state index is 11.0. The SMILES string of the molecule is O=Cc1[nH]c(Sc2ccccc2)c2ccccc12. The largest absolute Gasteiger partial charge is 0.346 e. The van der Waals surface area contributed by atoms with Gasteiger partial charge in [-0.2, -0.15) is 0 Å². The lowest BCUT2D eigenvalue weighted by Gasteiger charge is -1.99. The molecule has 0 aliphatic carbocycles. The van der Waals surface area contributed by atoms with Gasteiger partial charge < -0.3 is 4.98 Å². The molecule has 1 aromatic heterocycles. The van der Waals surface area contributed by atoms with E-state index in [-0.39, 0.29) is 0 Å². The molecule has 2 aromatic carbocycles. The number of aldehydes is 1. The summed E-state index contributed by atoms with van der Waals surface area (Å²) in [6.45, 7) is 0. The molecule has 0 saturated heterocycles. The van der Waals surface area contributed by atoms with Crippen molar-refractivity contribution in [3.8, 4) is 0 Å². The van der Waals surface area contributed by atoms with E-state index in [4.69, 9.17) is 0 Å². The van der Waals surface area contributed by atoms with Gasteiger partial charge in [-0.1, -0.05) is 54.2 Å². The monoisotopic (exact) mass is 253 g/mol. The van der Waals surface area contributed by atoms with Crippen LogP contribution in [0.15, 0.2) is 64.5 Å². The Hall–Kier alpha value is -2.00. The van der Waals surface area contributed by atoms with E-state index in [0.29, 0.717) is 5.69 Å². The molecule has 1 N–H and O–H groups in total.